The number of hydrogen-bond donors (Lipinski definition) is 0. The van der Waals surface area contributed by atoms with Crippen LogP contribution in [0.3, 0.4) is 0 Å². The number of esters is 1. The predicted molar refractivity (Wildman–Crippen MR) is 111 cm³/mol. The molecule has 1 fully saturated rings. The molecule has 3 rings (SSSR count). The molecule has 9 heteroatoms. The topological polar surface area (TPSA) is 96.7 Å². The minimum atomic E-state index is -3.83. The molecule has 1 saturated heterocycles. The normalized spacial score (nSPS) is 15.1. The standard InChI is InChI=1S/C21H21ClN2O5S/c1-28-19-12-15(14-23)6-9-18(19)29-21(25)16-7-8-17(22)20(13-16)30(26,27)24-10-4-2-3-5-11-24/h6-9,12-13H,2-5,10-11H2,1H3. The van der Waals surface area contributed by atoms with Gasteiger partial charge in [0.25, 0.3) is 0 Å². The molecule has 0 spiro atoms. The second kappa shape index (κ2) is 9.47. The number of ether oxygens (including phenoxy) is 2. The molecule has 7 nitrogen and oxygen atoms in total. The fourth-order valence-electron chi connectivity index (χ4n) is 3.23. The van der Waals surface area contributed by atoms with Crippen molar-refractivity contribution in [2.45, 2.75) is 30.6 Å². The van der Waals surface area contributed by atoms with Crippen LogP contribution in [0.5, 0.6) is 11.5 Å². The maximum atomic E-state index is 13.1. The Labute approximate surface area is 180 Å². The van der Waals surface area contributed by atoms with Crippen LogP contribution in [0.2, 0.25) is 5.02 Å². The maximum Gasteiger partial charge on any atom is 0.343 e. The molecule has 158 valence electrons. The Bertz CT molecular complexity index is 1090. The summed E-state index contributed by atoms with van der Waals surface area (Å²) in [4.78, 5) is 12.5. The lowest BCUT2D eigenvalue weighted by atomic mass is 10.2. The van der Waals surface area contributed by atoms with Crippen molar-refractivity contribution >= 4 is 27.6 Å². The van der Waals surface area contributed by atoms with Crippen molar-refractivity contribution in [1.29, 1.82) is 5.26 Å². The summed E-state index contributed by atoms with van der Waals surface area (Å²) in [5.74, 6) is -0.427. The van der Waals surface area contributed by atoms with Gasteiger partial charge in [-0.25, -0.2) is 13.2 Å². The molecule has 1 aliphatic rings. The van der Waals surface area contributed by atoms with Crippen molar-refractivity contribution in [2.24, 2.45) is 0 Å². The molecule has 2 aromatic rings. The highest BCUT2D eigenvalue weighted by Gasteiger charge is 2.28. The van der Waals surface area contributed by atoms with E-state index in [1.807, 2.05) is 6.07 Å². The van der Waals surface area contributed by atoms with E-state index in [0.717, 1.165) is 25.7 Å². The zero-order valence-electron chi connectivity index (χ0n) is 16.4. The number of methoxy groups -OCH3 is 1. The summed E-state index contributed by atoms with van der Waals surface area (Å²) in [5.41, 5.74) is 0.392. The molecular weight excluding hydrogens is 428 g/mol. The van der Waals surface area contributed by atoms with E-state index < -0.39 is 16.0 Å². The quantitative estimate of drug-likeness (QED) is 0.506. The van der Waals surface area contributed by atoms with Crippen molar-refractivity contribution in [1.82, 2.24) is 4.31 Å². The van der Waals surface area contributed by atoms with E-state index in [4.69, 9.17) is 26.3 Å². The summed E-state index contributed by atoms with van der Waals surface area (Å²) in [7, 11) is -2.44. The first-order chi connectivity index (χ1) is 14.4. The maximum absolute atomic E-state index is 13.1. The first-order valence-electron chi connectivity index (χ1n) is 9.47. The predicted octanol–water partition coefficient (Wildman–Crippen LogP) is 4.00. The Morgan fingerprint density at radius 2 is 1.77 bits per heavy atom. The van der Waals surface area contributed by atoms with Crippen LogP contribution in [-0.4, -0.2) is 38.9 Å². The van der Waals surface area contributed by atoms with Gasteiger partial charge in [0.2, 0.25) is 10.0 Å². The van der Waals surface area contributed by atoms with Crippen LogP contribution < -0.4 is 9.47 Å². The Morgan fingerprint density at radius 1 is 1.07 bits per heavy atom. The Hall–Kier alpha value is -2.60. The van der Waals surface area contributed by atoms with Gasteiger partial charge >= 0.3 is 5.97 Å². The van der Waals surface area contributed by atoms with Crippen LogP contribution in [0.15, 0.2) is 41.3 Å². The molecule has 0 saturated carbocycles. The van der Waals surface area contributed by atoms with Crippen molar-refractivity contribution < 1.29 is 22.7 Å². The molecule has 0 amide bonds. The van der Waals surface area contributed by atoms with E-state index >= 15 is 0 Å². The van der Waals surface area contributed by atoms with Gasteiger partial charge in [-0.2, -0.15) is 9.57 Å². The van der Waals surface area contributed by atoms with E-state index in [9.17, 15) is 13.2 Å². The van der Waals surface area contributed by atoms with Crippen molar-refractivity contribution in [3.05, 3.63) is 52.5 Å². The average molecular weight is 449 g/mol. The number of nitriles is 1. The van der Waals surface area contributed by atoms with Crippen molar-refractivity contribution in [2.75, 3.05) is 20.2 Å². The minimum absolute atomic E-state index is 0.0409. The summed E-state index contributed by atoms with van der Waals surface area (Å²) in [6, 6.07) is 10.4. The third-order valence-corrected chi connectivity index (χ3v) is 7.23. The van der Waals surface area contributed by atoms with Crippen LogP contribution >= 0.6 is 11.6 Å². The van der Waals surface area contributed by atoms with E-state index in [0.29, 0.717) is 18.7 Å². The third-order valence-electron chi connectivity index (χ3n) is 4.85. The van der Waals surface area contributed by atoms with Gasteiger partial charge in [-0.15, -0.1) is 0 Å². The molecule has 0 aliphatic carbocycles. The summed E-state index contributed by atoms with van der Waals surface area (Å²) in [5, 5.41) is 9.03. The Balaban J connectivity index is 1.89. The highest BCUT2D eigenvalue weighted by atomic mass is 35.5. The number of sulfonamides is 1. The van der Waals surface area contributed by atoms with Gasteiger partial charge in [0.05, 0.1) is 29.3 Å². The number of nitrogens with zero attached hydrogens (tertiary/aromatic N) is 2. The second-order valence-corrected chi connectivity index (χ2v) is 9.14. The zero-order valence-corrected chi connectivity index (χ0v) is 18.0. The first-order valence-corrected chi connectivity index (χ1v) is 11.3. The van der Waals surface area contributed by atoms with Crippen LogP contribution in [0.25, 0.3) is 0 Å². The molecule has 30 heavy (non-hydrogen) atoms. The number of hydrogen-bond acceptors (Lipinski definition) is 6. The molecule has 0 bridgehead atoms. The molecular formula is C21H21ClN2O5S. The van der Waals surface area contributed by atoms with Crippen molar-refractivity contribution in [3.63, 3.8) is 0 Å². The first kappa shape index (κ1) is 22.1. The van der Waals surface area contributed by atoms with Crippen LogP contribution in [0.1, 0.15) is 41.6 Å². The third kappa shape index (κ3) is 4.75. The average Bonchev–Trinajstić information content (AvgIpc) is 3.04. The SMILES string of the molecule is COc1cc(C#N)ccc1OC(=O)c1ccc(Cl)c(S(=O)(=O)N2CCCCCC2)c1. The lowest BCUT2D eigenvalue weighted by Gasteiger charge is -2.21. The van der Waals surface area contributed by atoms with Gasteiger partial charge in [-0.3, -0.25) is 0 Å². The fourth-order valence-corrected chi connectivity index (χ4v) is 5.25. The molecule has 0 radical (unpaired) electrons. The summed E-state index contributed by atoms with van der Waals surface area (Å²) in [6.45, 7) is 0.853. The zero-order chi connectivity index (χ0) is 21.7. The number of carbonyl (C=O) groups excluding carboxylic acids is 1. The number of halogens is 1. The molecule has 1 heterocycles. The summed E-state index contributed by atoms with van der Waals surface area (Å²) in [6.07, 6.45) is 3.55. The molecule has 1 aliphatic heterocycles. The molecule has 0 aromatic heterocycles. The highest BCUT2D eigenvalue weighted by molar-refractivity contribution is 7.89. The molecule has 0 atom stereocenters. The van der Waals surface area contributed by atoms with Gasteiger partial charge in [-0.05, 0) is 43.2 Å². The number of carbonyl (C=O) groups is 1. The lowest BCUT2D eigenvalue weighted by Crippen LogP contribution is -2.32. The fraction of sp³-hybridized carbons (Fsp3) is 0.333. The highest BCUT2D eigenvalue weighted by Crippen LogP contribution is 2.31. The van der Waals surface area contributed by atoms with Gasteiger partial charge in [-0.1, -0.05) is 24.4 Å². The van der Waals surface area contributed by atoms with E-state index in [1.54, 1.807) is 0 Å². The van der Waals surface area contributed by atoms with E-state index in [1.165, 1.54) is 47.8 Å². The Morgan fingerprint density at radius 3 is 2.40 bits per heavy atom. The lowest BCUT2D eigenvalue weighted by molar-refractivity contribution is 0.0729. The summed E-state index contributed by atoms with van der Waals surface area (Å²) >= 11 is 6.18. The second-order valence-electron chi connectivity index (χ2n) is 6.83. The van der Waals surface area contributed by atoms with Gasteiger partial charge < -0.3 is 9.47 Å². The van der Waals surface area contributed by atoms with Crippen molar-refractivity contribution in [3.8, 4) is 17.6 Å². The van der Waals surface area contributed by atoms with E-state index in [2.05, 4.69) is 0 Å². The van der Waals surface area contributed by atoms with Crippen LogP contribution in [0, 0.1) is 11.3 Å². The molecule has 2 aromatic carbocycles. The number of rotatable bonds is 5. The summed E-state index contributed by atoms with van der Waals surface area (Å²) < 4.78 is 38.2. The minimum Gasteiger partial charge on any atom is -0.493 e. The smallest absolute Gasteiger partial charge is 0.343 e. The van der Waals surface area contributed by atoms with Gasteiger partial charge in [0.15, 0.2) is 11.5 Å². The molecule has 0 unspecified atom stereocenters. The van der Waals surface area contributed by atoms with Gasteiger partial charge in [0, 0.05) is 19.2 Å². The Kier molecular flexibility index (Phi) is 6.98. The van der Waals surface area contributed by atoms with Crippen LogP contribution in [0.4, 0.5) is 0 Å². The molecule has 0 N–H and O–H groups in total. The number of benzene rings is 2. The van der Waals surface area contributed by atoms with Gasteiger partial charge in [0.1, 0.15) is 4.90 Å². The van der Waals surface area contributed by atoms with Crippen LogP contribution in [-0.2, 0) is 10.0 Å². The monoisotopic (exact) mass is 448 g/mol. The largest absolute Gasteiger partial charge is 0.493 e. The van der Waals surface area contributed by atoms with E-state index in [-0.39, 0.29) is 27.0 Å².